The first-order chi connectivity index (χ1) is 9.12. The molecule has 1 aromatic rings. The minimum absolute atomic E-state index is 0.0206. The molecule has 0 spiro atoms. The average molecular weight is 408 g/mol. The zero-order chi connectivity index (χ0) is 15.6. The SMILES string of the molecule is COc1cc(I)c(CO[Si](C)(C)C(C)(C)C)cc1CO. The van der Waals surface area contributed by atoms with E-state index in [9.17, 15) is 5.11 Å². The fourth-order valence-electron chi connectivity index (χ4n) is 1.55. The van der Waals surface area contributed by atoms with Crippen molar-refractivity contribution in [2.24, 2.45) is 0 Å². The number of aliphatic hydroxyl groups excluding tert-OH is 1. The summed E-state index contributed by atoms with van der Waals surface area (Å²) in [6.07, 6.45) is 0. The van der Waals surface area contributed by atoms with Gasteiger partial charge in [0.05, 0.1) is 20.3 Å². The summed E-state index contributed by atoms with van der Waals surface area (Å²) in [6, 6.07) is 3.93. The minimum Gasteiger partial charge on any atom is -0.496 e. The number of hydrogen-bond donors (Lipinski definition) is 1. The van der Waals surface area contributed by atoms with E-state index in [0.717, 1.165) is 20.4 Å². The third kappa shape index (κ3) is 4.19. The lowest BCUT2D eigenvalue weighted by molar-refractivity contribution is 0.267. The van der Waals surface area contributed by atoms with Crippen LogP contribution in [-0.2, 0) is 17.6 Å². The molecule has 114 valence electrons. The lowest BCUT2D eigenvalue weighted by Crippen LogP contribution is -2.40. The van der Waals surface area contributed by atoms with Crippen molar-refractivity contribution in [3.05, 3.63) is 26.8 Å². The van der Waals surface area contributed by atoms with Gasteiger partial charge in [-0.25, -0.2) is 0 Å². The molecule has 0 saturated heterocycles. The number of benzene rings is 1. The van der Waals surface area contributed by atoms with Crippen LogP contribution in [0.1, 0.15) is 31.9 Å². The molecule has 0 radical (unpaired) electrons. The highest BCUT2D eigenvalue weighted by Gasteiger charge is 2.37. The quantitative estimate of drug-likeness (QED) is 0.583. The van der Waals surface area contributed by atoms with Crippen LogP contribution in [0.15, 0.2) is 12.1 Å². The van der Waals surface area contributed by atoms with E-state index < -0.39 is 8.32 Å². The van der Waals surface area contributed by atoms with E-state index in [-0.39, 0.29) is 11.6 Å². The first-order valence-corrected chi connectivity index (χ1v) is 10.7. The number of halogens is 1. The average Bonchev–Trinajstić information content (AvgIpc) is 2.35. The van der Waals surface area contributed by atoms with Crippen molar-refractivity contribution in [1.29, 1.82) is 0 Å². The van der Waals surface area contributed by atoms with Crippen LogP contribution < -0.4 is 4.74 Å². The number of ether oxygens (including phenoxy) is 1. The monoisotopic (exact) mass is 408 g/mol. The van der Waals surface area contributed by atoms with Crippen molar-refractivity contribution in [2.75, 3.05) is 7.11 Å². The molecule has 0 atom stereocenters. The predicted octanol–water partition coefficient (Wildman–Crippen LogP) is 4.31. The van der Waals surface area contributed by atoms with Gasteiger partial charge in [0.1, 0.15) is 5.75 Å². The Bertz CT molecular complexity index is 467. The molecule has 0 aliphatic carbocycles. The molecule has 5 heteroatoms. The molecule has 0 unspecified atom stereocenters. The highest BCUT2D eigenvalue weighted by atomic mass is 127. The summed E-state index contributed by atoms with van der Waals surface area (Å²) in [5.74, 6) is 0.730. The molecule has 1 rings (SSSR count). The molecule has 0 amide bonds. The Kier molecular flexibility index (Phi) is 6.07. The summed E-state index contributed by atoms with van der Waals surface area (Å²) >= 11 is 2.29. The first-order valence-electron chi connectivity index (χ1n) is 6.72. The van der Waals surface area contributed by atoms with Crippen molar-refractivity contribution in [3.8, 4) is 5.75 Å². The van der Waals surface area contributed by atoms with Crippen LogP contribution in [0.4, 0.5) is 0 Å². The molecule has 1 N–H and O–H groups in total. The second kappa shape index (κ2) is 6.77. The number of aliphatic hydroxyl groups is 1. The van der Waals surface area contributed by atoms with Gasteiger partial charge in [0.2, 0.25) is 0 Å². The smallest absolute Gasteiger partial charge is 0.192 e. The third-order valence-electron chi connectivity index (χ3n) is 4.01. The van der Waals surface area contributed by atoms with Gasteiger partial charge in [-0.3, -0.25) is 0 Å². The molecule has 20 heavy (non-hydrogen) atoms. The van der Waals surface area contributed by atoms with Crippen molar-refractivity contribution < 1.29 is 14.3 Å². The van der Waals surface area contributed by atoms with E-state index >= 15 is 0 Å². The largest absolute Gasteiger partial charge is 0.496 e. The van der Waals surface area contributed by atoms with E-state index in [4.69, 9.17) is 9.16 Å². The maximum absolute atomic E-state index is 9.41. The fraction of sp³-hybridized carbons (Fsp3) is 0.600. The summed E-state index contributed by atoms with van der Waals surface area (Å²) in [4.78, 5) is 0. The molecule has 0 saturated carbocycles. The van der Waals surface area contributed by atoms with Crippen molar-refractivity contribution in [1.82, 2.24) is 0 Å². The molecule has 0 aliphatic rings. The molecule has 0 aromatic heterocycles. The number of methoxy groups -OCH3 is 1. The molecular weight excluding hydrogens is 383 g/mol. The van der Waals surface area contributed by atoms with E-state index in [1.165, 1.54) is 0 Å². The van der Waals surface area contributed by atoms with E-state index in [2.05, 4.69) is 56.5 Å². The number of rotatable bonds is 5. The fourth-order valence-corrected chi connectivity index (χ4v) is 3.09. The number of hydrogen-bond acceptors (Lipinski definition) is 3. The van der Waals surface area contributed by atoms with E-state index in [1.54, 1.807) is 7.11 Å². The van der Waals surface area contributed by atoms with E-state index in [0.29, 0.717) is 6.61 Å². The second-order valence-corrected chi connectivity index (χ2v) is 12.4. The van der Waals surface area contributed by atoms with Gasteiger partial charge in [-0.05, 0) is 58.4 Å². The highest BCUT2D eigenvalue weighted by molar-refractivity contribution is 14.1. The second-order valence-electron chi connectivity index (χ2n) is 6.46. The van der Waals surface area contributed by atoms with Gasteiger partial charge in [0.15, 0.2) is 8.32 Å². The lowest BCUT2D eigenvalue weighted by atomic mass is 10.1. The third-order valence-corrected chi connectivity index (χ3v) is 9.50. The molecule has 3 nitrogen and oxygen atoms in total. The van der Waals surface area contributed by atoms with Gasteiger partial charge >= 0.3 is 0 Å². The summed E-state index contributed by atoms with van der Waals surface area (Å²) in [6.45, 7) is 11.8. The highest BCUT2D eigenvalue weighted by Crippen LogP contribution is 2.37. The molecular formula is C15H25IO3Si. The topological polar surface area (TPSA) is 38.7 Å². The van der Waals surface area contributed by atoms with Crippen LogP contribution in [0.2, 0.25) is 18.1 Å². The Morgan fingerprint density at radius 2 is 1.80 bits per heavy atom. The molecule has 1 aromatic carbocycles. The van der Waals surface area contributed by atoms with Crippen LogP contribution in [0.3, 0.4) is 0 Å². The Morgan fingerprint density at radius 3 is 2.25 bits per heavy atom. The van der Waals surface area contributed by atoms with Crippen molar-refractivity contribution in [3.63, 3.8) is 0 Å². The normalized spacial score (nSPS) is 12.6. The summed E-state index contributed by atoms with van der Waals surface area (Å²) in [5.41, 5.74) is 1.92. The van der Waals surface area contributed by atoms with E-state index in [1.807, 2.05) is 12.1 Å². The minimum atomic E-state index is -1.76. The van der Waals surface area contributed by atoms with Crippen LogP contribution >= 0.6 is 22.6 Å². The summed E-state index contributed by atoms with van der Waals surface area (Å²) in [5, 5.41) is 9.61. The summed E-state index contributed by atoms with van der Waals surface area (Å²) in [7, 11) is -0.136. The zero-order valence-electron chi connectivity index (χ0n) is 13.2. The molecule has 0 heterocycles. The standard InChI is InChI=1S/C15H25IO3Si/c1-15(2,3)20(5,6)19-10-12-7-11(9-17)14(18-4)8-13(12)16/h7-8,17H,9-10H2,1-6H3. The van der Waals surface area contributed by atoms with Crippen LogP contribution in [0, 0.1) is 3.57 Å². The lowest BCUT2D eigenvalue weighted by Gasteiger charge is -2.36. The zero-order valence-corrected chi connectivity index (χ0v) is 16.4. The molecule has 0 fully saturated rings. The van der Waals surface area contributed by atoms with Gasteiger partial charge in [-0.1, -0.05) is 20.8 Å². The van der Waals surface area contributed by atoms with Gasteiger partial charge < -0.3 is 14.3 Å². The van der Waals surface area contributed by atoms with Gasteiger partial charge in [-0.15, -0.1) is 0 Å². The molecule has 0 aliphatic heterocycles. The first kappa shape index (κ1) is 17.9. The summed E-state index contributed by atoms with van der Waals surface area (Å²) < 4.78 is 12.6. The maximum Gasteiger partial charge on any atom is 0.192 e. The van der Waals surface area contributed by atoms with Crippen molar-refractivity contribution >= 4 is 30.9 Å². The molecule has 0 bridgehead atoms. The van der Waals surface area contributed by atoms with Gasteiger partial charge in [0, 0.05) is 9.13 Å². The maximum atomic E-state index is 9.41. The Morgan fingerprint density at radius 1 is 1.20 bits per heavy atom. The Labute approximate surface area is 137 Å². The Balaban J connectivity index is 2.94. The predicted molar refractivity (Wildman–Crippen MR) is 93.6 cm³/mol. The van der Waals surface area contributed by atoms with Crippen LogP contribution in [0.5, 0.6) is 5.75 Å². The van der Waals surface area contributed by atoms with Gasteiger partial charge in [0.25, 0.3) is 0 Å². The van der Waals surface area contributed by atoms with Crippen LogP contribution in [-0.4, -0.2) is 20.5 Å². The Hall–Kier alpha value is -0.113. The van der Waals surface area contributed by atoms with Crippen molar-refractivity contribution in [2.45, 2.75) is 52.1 Å². The van der Waals surface area contributed by atoms with Crippen LogP contribution in [0.25, 0.3) is 0 Å². The van der Waals surface area contributed by atoms with Gasteiger partial charge in [-0.2, -0.15) is 0 Å².